The average molecular weight is 328 g/mol. The predicted molar refractivity (Wildman–Crippen MR) is 99.0 cm³/mol. The van der Waals surface area contributed by atoms with E-state index in [2.05, 4.69) is 68.7 Å². The van der Waals surface area contributed by atoms with Gasteiger partial charge in [-0.2, -0.15) is 0 Å². The van der Waals surface area contributed by atoms with Crippen molar-refractivity contribution in [3.8, 4) is 0 Å². The van der Waals surface area contributed by atoms with E-state index in [1.807, 2.05) is 0 Å². The van der Waals surface area contributed by atoms with Gasteiger partial charge in [-0.1, -0.05) is 38.1 Å². The Bertz CT molecular complexity index is 598. The molecule has 3 rings (SSSR count). The first kappa shape index (κ1) is 17.5. The van der Waals surface area contributed by atoms with E-state index in [4.69, 9.17) is 0 Å². The summed E-state index contributed by atoms with van der Waals surface area (Å²) in [5.74, 6) is 1.19. The second kappa shape index (κ2) is 6.51. The quantitative estimate of drug-likeness (QED) is 0.830. The molecule has 1 saturated heterocycles. The molecule has 0 radical (unpaired) electrons. The Morgan fingerprint density at radius 3 is 2.38 bits per heavy atom. The fourth-order valence-electron chi connectivity index (χ4n) is 3.98. The highest BCUT2D eigenvalue weighted by Crippen LogP contribution is 2.38. The Morgan fingerprint density at radius 2 is 1.79 bits per heavy atom. The molecule has 3 nitrogen and oxygen atoms in total. The van der Waals surface area contributed by atoms with Gasteiger partial charge in [-0.3, -0.25) is 9.69 Å². The van der Waals surface area contributed by atoms with Crippen LogP contribution >= 0.6 is 0 Å². The van der Waals surface area contributed by atoms with Crippen molar-refractivity contribution < 1.29 is 4.79 Å². The van der Waals surface area contributed by atoms with Gasteiger partial charge in [-0.15, -0.1) is 0 Å². The summed E-state index contributed by atoms with van der Waals surface area (Å²) in [4.78, 5) is 17.3. The molecule has 1 aliphatic carbocycles. The molecule has 0 N–H and O–H groups in total. The molecule has 1 amide bonds. The number of hydrogen-bond donors (Lipinski definition) is 0. The topological polar surface area (TPSA) is 23.6 Å². The second-order valence-electron chi connectivity index (χ2n) is 8.72. The van der Waals surface area contributed by atoms with Gasteiger partial charge in [0.25, 0.3) is 0 Å². The normalized spacial score (nSPS) is 22.9. The molecule has 3 heteroatoms. The van der Waals surface area contributed by atoms with E-state index in [9.17, 15) is 4.79 Å². The van der Waals surface area contributed by atoms with Gasteiger partial charge in [0.2, 0.25) is 5.91 Å². The van der Waals surface area contributed by atoms with E-state index in [1.54, 1.807) is 0 Å². The molecule has 0 spiro atoms. The lowest BCUT2D eigenvalue weighted by atomic mass is 9.88. The molecule has 1 aromatic rings. The number of carbonyl (C=O) groups is 1. The Balaban J connectivity index is 1.93. The van der Waals surface area contributed by atoms with Crippen LogP contribution in [0.4, 0.5) is 0 Å². The van der Waals surface area contributed by atoms with E-state index in [1.165, 1.54) is 11.1 Å². The Labute approximate surface area is 147 Å². The zero-order valence-electron chi connectivity index (χ0n) is 15.9. The minimum absolute atomic E-state index is 0.101. The summed E-state index contributed by atoms with van der Waals surface area (Å²) >= 11 is 0. The lowest BCUT2D eigenvalue weighted by molar-refractivity contribution is -0.137. The summed E-state index contributed by atoms with van der Waals surface area (Å²) in [7, 11) is 0. The van der Waals surface area contributed by atoms with Crippen molar-refractivity contribution in [1.29, 1.82) is 0 Å². The fourth-order valence-corrected chi connectivity index (χ4v) is 3.98. The average Bonchev–Trinajstić information content (AvgIpc) is 3.37. The van der Waals surface area contributed by atoms with Crippen molar-refractivity contribution in [2.24, 2.45) is 5.92 Å². The van der Waals surface area contributed by atoms with Gasteiger partial charge in [0.05, 0.1) is 6.04 Å². The Kier molecular flexibility index (Phi) is 4.74. The van der Waals surface area contributed by atoms with Crippen molar-refractivity contribution in [2.45, 2.75) is 65.0 Å². The maximum atomic E-state index is 12.6. The van der Waals surface area contributed by atoms with Crippen LogP contribution in [-0.4, -0.2) is 40.9 Å². The first-order chi connectivity index (χ1) is 11.3. The molecule has 24 heavy (non-hydrogen) atoms. The van der Waals surface area contributed by atoms with Gasteiger partial charge in [0.15, 0.2) is 0 Å². The molecule has 1 aliphatic heterocycles. The van der Waals surface area contributed by atoms with Crippen molar-refractivity contribution >= 4 is 5.91 Å². The first-order valence-corrected chi connectivity index (χ1v) is 9.43. The molecule has 2 fully saturated rings. The fraction of sp³-hybridized carbons (Fsp3) is 0.667. The van der Waals surface area contributed by atoms with Gasteiger partial charge >= 0.3 is 0 Å². The summed E-state index contributed by atoms with van der Waals surface area (Å²) in [5, 5.41) is 0. The third-order valence-electron chi connectivity index (χ3n) is 5.46. The van der Waals surface area contributed by atoms with Crippen LogP contribution in [-0.2, 0) is 4.79 Å². The SMILES string of the molecule is CC(C)c1ccccc1C1CN(C(=O)C2CC2)CCN1C(C)(C)C. The van der Waals surface area contributed by atoms with E-state index in [0.29, 0.717) is 23.8 Å². The predicted octanol–water partition coefficient (Wildman–Crippen LogP) is 4.20. The van der Waals surface area contributed by atoms with Gasteiger partial charge in [-0.25, -0.2) is 0 Å². The van der Waals surface area contributed by atoms with Crippen LogP contribution in [0.3, 0.4) is 0 Å². The van der Waals surface area contributed by atoms with Crippen LogP contribution in [0.25, 0.3) is 0 Å². The largest absolute Gasteiger partial charge is 0.339 e. The van der Waals surface area contributed by atoms with E-state index in [0.717, 1.165) is 32.5 Å². The van der Waals surface area contributed by atoms with E-state index >= 15 is 0 Å². The molecule has 0 bridgehead atoms. The van der Waals surface area contributed by atoms with Crippen LogP contribution in [0.2, 0.25) is 0 Å². The van der Waals surface area contributed by atoms with Crippen LogP contribution in [0.1, 0.15) is 70.5 Å². The molecule has 2 aliphatic rings. The van der Waals surface area contributed by atoms with Gasteiger partial charge in [-0.05, 0) is 50.7 Å². The van der Waals surface area contributed by atoms with Crippen molar-refractivity contribution in [1.82, 2.24) is 9.80 Å². The molecule has 1 saturated carbocycles. The van der Waals surface area contributed by atoms with E-state index in [-0.39, 0.29) is 5.54 Å². The Morgan fingerprint density at radius 1 is 1.12 bits per heavy atom. The number of rotatable bonds is 3. The first-order valence-electron chi connectivity index (χ1n) is 9.43. The molecular formula is C21H32N2O. The highest BCUT2D eigenvalue weighted by atomic mass is 16.2. The Hall–Kier alpha value is -1.35. The van der Waals surface area contributed by atoms with Gasteiger partial charge in [0, 0.05) is 31.1 Å². The zero-order chi connectivity index (χ0) is 17.5. The minimum atomic E-state index is 0.101. The van der Waals surface area contributed by atoms with Crippen molar-refractivity contribution in [2.75, 3.05) is 19.6 Å². The minimum Gasteiger partial charge on any atom is -0.339 e. The number of nitrogens with zero attached hydrogens (tertiary/aromatic N) is 2. The maximum absolute atomic E-state index is 12.6. The molecule has 1 atom stereocenters. The van der Waals surface area contributed by atoms with Crippen molar-refractivity contribution in [3.63, 3.8) is 0 Å². The molecule has 132 valence electrons. The summed E-state index contributed by atoms with van der Waals surface area (Å²) in [6.45, 7) is 14.0. The lowest BCUT2D eigenvalue weighted by Crippen LogP contribution is -2.56. The highest BCUT2D eigenvalue weighted by Gasteiger charge is 2.40. The van der Waals surface area contributed by atoms with Gasteiger partial charge in [0.1, 0.15) is 0 Å². The molecule has 1 aromatic carbocycles. The van der Waals surface area contributed by atoms with Crippen LogP contribution < -0.4 is 0 Å². The monoisotopic (exact) mass is 328 g/mol. The third kappa shape index (κ3) is 3.51. The summed E-state index contributed by atoms with van der Waals surface area (Å²) in [6.07, 6.45) is 2.18. The van der Waals surface area contributed by atoms with Crippen LogP contribution in [0, 0.1) is 5.92 Å². The number of benzene rings is 1. The standard InChI is InChI=1S/C21H32N2O/c1-15(2)17-8-6-7-9-18(17)19-14-22(20(24)16-10-11-16)12-13-23(19)21(3,4)5/h6-9,15-16,19H,10-14H2,1-5H3. The second-order valence-corrected chi connectivity index (χ2v) is 8.72. The van der Waals surface area contributed by atoms with Crippen molar-refractivity contribution in [3.05, 3.63) is 35.4 Å². The maximum Gasteiger partial charge on any atom is 0.225 e. The van der Waals surface area contributed by atoms with Crippen LogP contribution in [0.5, 0.6) is 0 Å². The lowest BCUT2D eigenvalue weighted by Gasteiger charge is -2.49. The molecule has 1 unspecified atom stereocenters. The van der Waals surface area contributed by atoms with Gasteiger partial charge < -0.3 is 4.90 Å². The molecular weight excluding hydrogens is 296 g/mol. The number of hydrogen-bond acceptors (Lipinski definition) is 2. The summed E-state index contributed by atoms with van der Waals surface area (Å²) in [5.41, 5.74) is 2.91. The smallest absolute Gasteiger partial charge is 0.225 e. The van der Waals surface area contributed by atoms with E-state index < -0.39 is 0 Å². The summed E-state index contributed by atoms with van der Waals surface area (Å²) < 4.78 is 0. The zero-order valence-corrected chi connectivity index (χ0v) is 15.9. The number of piperazine rings is 1. The number of carbonyl (C=O) groups excluding carboxylic acids is 1. The third-order valence-corrected chi connectivity index (χ3v) is 5.46. The highest BCUT2D eigenvalue weighted by molar-refractivity contribution is 5.81. The van der Waals surface area contributed by atoms with Crippen LogP contribution in [0.15, 0.2) is 24.3 Å². The number of amides is 1. The molecule has 1 heterocycles. The summed E-state index contributed by atoms with van der Waals surface area (Å²) in [6, 6.07) is 9.09. The molecule has 0 aromatic heterocycles.